The summed E-state index contributed by atoms with van der Waals surface area (Å²) < 4.78 is 10.9. The molecule has 3 aromatic rings. The molecule has 238 valence electrons. The fourth-order valence-corrected chi connectivity index (χ4v) is 6.45. The minimum atomic E-state index is -1.34. The minimum absolute atomic E-state index is 0.00235. The number of fused-ring (bicyclic) bond motifs is 2. The third-order valence-electron chi connectivity index (χ3n) is 8.25. The molecule has 6 rings (SSSR count). The fourth-order valence-electron chi connectivity index (χ4n) is 6.19. The van der Waals surface area contributed by atoms with Gasteiger partial charge in [0.2, 0.25) is 0 Å². The summed E-state index contributed by atoms with van der Waals surface area (Å²) in [6.45, 7) is 2.25. The molecule has 47 heavy (non-hydrogen) atoms. The number of rotatable bonds is 9. The van der Waals surface area contributed by atoms with Crippen LogP contribution in [0.25, 0.3) is 0 Å². The fraction of sp³-hybridized carbons (Fsp3) is 0.229. The van der Waals surface area contributed by atoms with E-state index >= 15 is 0 Å². The highest BCUT2D eigenvalue weighted by atomic mass is 35.5. The van der Waals surface area contributed by atoms with Gasteiger partial charge in [-0.15, -0.1) is 0 Å². The average molecular weight is 654 g/mol. The first kappa shape index (κ1) is 31.6. The molecule has 0 aromatic heterocycles. The summed E-state index contributed by atoms with van der Waals surface area (Å²) in [6.07, 6.45) is 0. The lowest BCUT2D eigenvalue weighted by Crippen LogP contribution is -2.45. The first-order chi connectivity index (χ1) is 22.7. The van der Waals surface area contributed by atoms with Crippen molar-refractivity contribution in [3.05, 3.63) is 117 Å². The van der Waals surface area contributed by atoms with Crippen LogP contribution >= 0.6 is 11.6 Å². The van der Waals surface area contributed by atoms with Gasteiger partial charge in [0, 0.05) is 10.9 Å². The first-order valence-electron chi connectivity index (χ1n) is 15.0. The predicted octanol–water partition coefficient (Wildman–Crippen LogP) is 4.47. The number of hydrogen-bond acceptors (Lipinski definition) is 9. The van der Waals surface area contributed by atoms with Gasteiger partial charge in [0.15, 0.2) is 0 Å². The molecule has 3 aliphatic rings. The summed E-state index contributed by atoms with van der Waals surface area (Å²) in [6, 6.07) is 19.2. The van der Waals surface area contributed by atoms with Crippen molar-refractivity contribution in [1.29, 1.82) is 0 Å². The number of carbonyl (C=O) groups excluding carboxylic acids is 6. The van der Waals surface area contributed by atoms with Gasteiger partial charge < -0.3 is 9.47 Å². The molecule has 0 saturated heterocycles. The largest absolute Gasteiger partial charge is 0.465 e. The van der Waals surface area contributed by atoms with E-state index in [0.717, 1.165) is 9.80 Å². The third-order valence-corrected chi connectivity index (χ3v) is 8.60. The van der Waals surface area contributed by atoms with E-state index in [1.807, 2.05) is 0 Å². The Labute approximate surface area is 274 Å². The quantitative estimate of drug-likeness (QED) is 0.244. The Morgan fingerprint density at radius 1 is 0.702 bits per heavy atom. The Kier molecular flexibility index (Phi) is 8.57. The van der Waals surface area contributed by atoms with Crippen molar-refractivity contribution in [2.24, 2.45) is 10.9 Å². The second kappa shape index (κ2) is 12.8. The number of amides is 4. The van der Waals surface area contributed by atoms with Gasteiger partial charge in [-0.1, -0.05) is 54.1 Å². The second-order valence-corrected chi connectivity index (χ2v) is 11.3. The normalized spacial score (nSPS) is 18.7. The minimum Gasteiger partial charge on any atom is -0.465 e. The van der Waals surface area contributed by atoms with Crippen molar-refractivity contribution >= 4 is 52.9 Å². The summed E-state index contributed by atoms with van der Waals surface area (Å²) in [7, 11) is 0. The van der Waals surface area contributed by atoms with Gasteiger partial charge in [0.05, 0.1) is 65.5 Å². The monoisotopic (exact) mass is 653 g/mol. The number of hydrogen-bond donors (Lipinski definition) is 0. The molecule has 0 bridgehead atoms. The average Bonchev–Trinajstić information content (AvgIpc) is 3.45. The molecular weight excluding hydrogens is 626 g/mol. The number of benzene rings is 3. The van der Waals surface area contributed by atoms with Gasteiger partial charge in [-0.2, -0.15) is 0 Å². The van der Waals surface area contributed by atoms with Crippen LogP contribution in [-0.4, -0.2) is 77.4 Å². The number of halogens is 1. The Morgan fingerprint density at radius 2 is 1.17 bits per heavy atom. The highest BCUT2D eigenvalue weighted by molar-refractivity contribution is 6.31. The number of aliphatic imine (C=N–C) groups is 1. The molecular formula is C35H28ClN3O8. The maximum Gasteiger partial charge on any atom is 0.336 e. The standard InChI is InChI=1S/C35H28ClN3O8/c1-3-46-34(44)28-25(17-38-30(40)19-11-5-6-12-20(19)31(38)41)37-26(18-39-32(42)21-13-7-8-14-22(21)33(39)43)29(35(45)47-4-2)27(28)23-15-9-10-16-24(23)36/h5-16,27-28H,3-4,17-18H2,1-2H3. The molecule has 0 saturated carbocycles. The van der Waals surface area contributed by atoms with Crippen molar-refractivity contribution in [1.82, 2.24) is 9.80 Å². The van der Waals surface area contributed by atoms with E-state index in [1.54, 1.807) is 62.4 Å². The molecule has 3 heterocycles. The lowest BCUT2D eigenvalue weighted by atomic mass is 9.74. The van der Waals surface area contributed by atoms with Gasteiger partial charge in [0.25, 0.3) is 23.6 Å². The second-order valence-electron chi connectivity index (χ2n) is 10.9. The summed E-state index contributed by atoms with van der Waals surface area (Å²) in [5.74, 6) is -6.53. The number of esters is 2. The summed E-state index contributed by atoms with van der Waals surface area (Å²) in [4.78, 5) is 88.1. The topological polar surface area (TPSA) is 140 Å². The van der Waals surface area contributed by atoms with Crippen LogP contribution in [0.5, 0.6) is 0 Å². The zero-order chi connectivity index (χ0) is 33.4. The van der Waals surface area contributed by atoms with Crippen LogP contribution in [0.3, 0.4) is 0 Å². The van der Waals surface area contributed by atoms with Crippen LogP contribution in [0.15, 0.2) is 89.1 Å². The summed E-state index contributed by atoms with van der Waals surface area (Å²) >= 11 is 6.70. The number of carbonyl (C=O) groups is 6. The van der Waals surface area contributed by atoms with Crippen LogP contribution < -0.4 is 0 Å². The molecule has 3 aromatic carbocycles. The van der Waals surface area contributed by atoms with E-state index in [0.29, 0.717) is 5.56 Å². The van der Waals surface area contributed by atoms with E-state index in [4.69, 9.17) is 26.1 Å². The zero-order valence-corrected chi connectivity index (χ0v) is 26.2. The van der Waals surface area contributed by atoms with E-state index in [9.17, 15) is 28.8 Å². The smallest absolute Gasteiger partial charge is 0.336 e. The highest BCUT2D eigenvalue weighted by Crippen LogP contribution is 2.44. The summed E-state index contributed by atoms with van der Waals surface area (Å²) in [5.41, 5.74) is 0.933. The van der Waals surface area contributed by atoms with Crippen LogP contribution in [-0.2, 0) is 19.1 Å². The highest BCUT2D eigenvalue weighted by Gasteiger charge is 2.48. The number of nitrogens with zero attached hydrogens (tertiary/aromatic N) is 3. The molecule has 3 aliphatic heterocycles. The van der Waals surface area contributed by atoms with Gasteiger partial charge in [-0.25, -0.2) is 4.79 Å². The van der Waals surface area contributed by atoms with Gasteiger partial charge >= 0.3 is 11.9 Å². The molecule has 4 amide bonds. The zero-order valence-electron chi connectivity index (χ0n) is 25.4. The Hall–Kier alpha value is -5.42. The van der Waals surface area contributed by atoms with E-state index in [1.165, 1.54) is 24.3 Å². The lowest BCUT2D eigenvalue weighted by molar-refractivity contribution is -0.146. The first-order valence-corrected chi connectivity index (χ1v) is 15.3. The van der Waals surface area contributed by atoms with Crippen molar-refractivity contribution < 1.29 is 38.2 Å². The van der Waals surface area contributed by atoms with E-state index in [2.05, 4.69) is 0 Å². The van der Waals surface area contributed by atoms with Crippen LogP contribution in [0, 0.1) is 5.92 Å². The molecule has 0 radical (unpaired) electrons. The SMILES string of the molecule is CCOC(=O)C1=C(CN2C(=O)c3ccccc3C2=O)N=C(CN2C(=O)c3ccccc3C2=O)C(C(=O)OCC)C1c1ccccc1Cl. The predicted molar refractivity (Wildman–Crippen MR) is 169 cm³/mol. The Morgan fingerprint density at radius 3 is 1.66 bits per heavy atom. The van der Waals surface area contributed by atoms with E-state index < -0.39 is 60.5 Å². The molecule has 2 unspecified atom stereocenters. The van der Waals surface area contributed by atoms with Crippen molar-refractivity contribution in [3.8, 4) is 0 Å². The molecule has 0 N–H and O–H groups in total. The van der Waals surface area contributed by atoms with Crippen LogP contribution in [0.2, 0.25) is 5.02 Å². The summed E-state index contributed by atoms with van der Waals surface area (Å²) in [5, 5.41) is 0.204. The maximum absolute atomic E-state index is 13.9. The Balaban J connectivity index is 1.55. The van der Waals surface area contributed by atoms with Gasteiger partial charge in [-0.05, 0) is 49.7 Å². The number of imide groups is 2. The lowest BCUT2D eigenvalue weighted by Gasteiger charge is -2.35. The van der Waals surface area contributed by atoms with Crippen molar-refractivity contribution in [2.45, 2.75) is 19.8 Å². The molecule has 12 heteroatoms. The van der Waals surface area contributed by atoms with Crippen molar-refractivity contribution in [3.63, 3.8) is 0 Å². The molecule has 0 aliphatic carbocycles. The van der Waals surface area contributed by atoms with Gasteiger partial charge in [0.1, 0.15) is 5.92 Å². The van der Waals surface area contributed by atoms with Crippen LogP contribution in [0.1, 0.15) is 66.8 Å². The number of ether oxygens (including phenoxy) is 2. The molecule has 2 atom stereocenters. The van der Waals surface area contributed by atoms with Gasteiger partial charge in [-0.3, -0.25) is 38.8 Å². The van der Waals surface area contributed by atoms with E-state index in [-0.39, 0.29) is 57.5 Å². The molecule has 11 nitrogen and oxygen atoms in total. The molecule has 0 spiro atoms. The van der Waals surface area contributed by atoms with Crippen LogP contribution in [0.4, 0.5) is 0 Å². The molecule has 0 fully saturated rings. The Bertz CT molecular complexity index is 1860. The maximum atomic E-state index is 13.9. The van der Waals surface area contributed by atoms with Crippen molar-refractivity contribution in [2.75, 3.05) is 26.3 Å². The third kappa shape index (κ3) is 5.42.